The van der Waals surface area contributed by atoms with Gasteiger partial charge >= 0.3 is 0 Å². The lowest BCUT2D eigenvalue weighted by Gasteiger charge is -1.96. The molecule has 1 aromatic heterocycles. The van der Waals surface area contributed by atoms with E-state index in [0.29, 0.717) is 0 Å². The summed E-state index contributed by atoms with van der Waals surface area (Å²) in [7, 11) is 0. The average molecular weight is 184 g/mol. The maximum Gasteiger partial charge on any atom is 0.0701 e. The van der Waals surface area contributed by atoms with E-state index in [9.17, 15) is 0 Å². The number of nitrogens with one attached hydrogen (secondary N) is 1. The second-order valence-electron chi connectivity index (χ2n) is 2.59. The van der Waals surface area contributed by atoms with E-state index in [1.165, 1.54) is 6.21 Å². The van der Waals surface area contributed by atoms with Gasteiger partial charge in [-0.3, -0.25) is 4.98 Å². The molecule has 0 spiro atoms. The highest BCUT2D eigenvalue weighted by atomic mass is 14.7. The Kier molecular flexibility index (Phi) is 4.08. The molecule has 0 fully saturated rings. The van der Waals surface area contributed by atoms with Gasteiger partial charge in [-0.25, -0.2) is 0 Å². The Morgan fingerprint density at radius 3 is 2.86 bits per heavy atom. The van der Waals surface area contributed by atoms with Gasteiger partial charge in [0.25, 0.3) is 0 Å². The first-order chi connectivity index (χ1) is 6.88. The van der Waals surface area contributed by atoms with Crippen LogP contribution in [0.4, 0.5) is 0 Å². The van der Waals surface area contributed by atoms with E-state index in [-0.39, 0.29) is 0 Å². The summed E-state index contributed by atoms with van der Waals surface area (Å²) in [5, 5.41) is 6.79. The second kappa shape index (κ2) is 5.65. The zero-order valence-electron chi connectivity index (χ0n) is 7.85. The predicted molar refractivity (Wildman–Crippen MR) is 61.3 cm³/mol. The van der Waals surface area contributed by atoms with E-state index >= 15 is 0 Å². The van der Waals surface area contributed by atoms with Crippen molar-refractivity contribution in [1.82, 2.24) is 4.98 Å². The first kappa shape index (κ1) is 10.1. The molecule has 14 heavy (non-hydrogen) atoms. The minimum atomic E-state index is 0.886. The van der Waals surface area contributed by atoms with Gasteiger partial charge in [0.2, 0.25) is 0 Å². The lowest BCUT2D eigenvalue weighted by atomic mass is 10.2. The summed E-state index contributed by atoms with van der Waals surface area (Å²) in [5.74, 6) is 0. The molecule has 0 bridgehead atoms. The fourth-order valence-corrected chi connectivity index (χ4v) is 1.01. The third-order valence-electron chi connectivity index (χ3n) is 1.66. The summed E-state index contributed by atoms with van der Waals surface area (Å²) in [5.41, 5.74) is 1.89. The number of allylic oxidation sites excluding steroid dienone is 3. The lowest BCUT2D eigenvalue weighted by Crippen LogP contribution is -1.83. The van der Waals surface area contributed by atoms with E-state index in [1.54, 1.807) is 24.4 Å². The molecule has 2 heteroatoms. The van der Waals surface area contributed by atoms with Crippen molar-refractivity contribution >= 4 is 18.4 Å². The molecule has 1 rings (SSSR count). The van der Waals surface area contributed by atoms with Crippen LogP contribution in [0.5, 0.6) is 0 Å². The fraction of sp³-hybridized carbons (Fsp3) is 0. The Balaban J connectivity index is 2.85. The number of nitrogens with zero attached hydrogens (tertiary/aromatic N) is 1. The Labute approximate surface area is 83.8 Å². The predicted octanol–water partition coefficient (Wildman–Crippen LogP) is 2.94. The third kappa shape index (κ3) is 2.83. The van der Waals surface area contributed by atoms with Gasteiger partial charge in [0, 0.05) is 12.4 Å². The molecule has 1 aromatic rings. The average Bonchev–Trinajstić information content (AvgIpc) is 2.25. The molecular formula is C12H12N2. The van der Waals surface area contributed by atoms with E-state index in [4.69, 9.17) is 5.41 Å². The molecule has 2 nitrogen and oxygen atoms in total. The minimum Gasteiger partial charge on any atom is -0.309 e. The maximum absolute atomic E-state index is 6.79. The van der Waals surface area contributed by atoms with Gasteiger partial charge in [0.15, 0.2) is 0 Å². The second-order valence-corrected chi connectivity index (χ2v) is 2.59. The molecule has 0 unspecified atom stereocenters. The monoisotopic (exact) mass is 184 g/mol. The number of hydrogen-bond donors (Lipinski definition) is 1. The molecule has 1 heterocycles. The summed E-state index contributed by atoms with van der Waals surface area (Å²) < 4.78 is 0. The normalized spacial score (nSPS) is 10.9. The van der Waals surface area contributed by atoms with Crippen LogP contribution in [-0.2, 0) is 0 Å². The highest BCUT2D eigenvalue weighted by molar-refractivity contribution is 5.69. The standard InChI is InChI=1S/C12H12N2/c1-2-11-7-6-10-14-12(11)8-4-3-5-9-13/h2-10,13H,1H2/b5-3-,8-4+,13-9?. The van der Waals surface area contributed by atoms with Gasteiger partial charge in [-0.2, -0.15) is 0 Å². The Morgan fingerprint density at radius 2 is 2.14 bits per heavy atom. The summed E-state index contributed by atoms with van der Waals surface area (Å²) in [4.78, 5) is 4.20. The summed E-state index contributed by atoms with van der Waals surface area (Å²) >= 11 is 0. The Hall–Kier alpha value is -1.96. The molecule has 0 aliphatic carbocycles. The van der Waals surface area contributed by atoms with Crippen molar-refractivity contribution in [3.63, 3.8) is 0 Å². The number of aromatic nitrogens is 1. The van der Waals surface area contributed by atoms with Gasteiger partial charge in [-0.1, -0.05) is 30.9 Å². The van der Waals surface area contributed by atoms with Crippen LogP contribution in [0, 0.1) is 5.41 Å². The largest absolute Gasteiger partial charge is 0.309 e. The molecule has 70 valence electrons. The molecule has 0 saturated carbocycles. The summed E-state index contributed by atoms with van der Waals surface area (Å²) in [6.45, 7) is 3.71. The molecule has 0 aromatic carbocycles. The van der Waals surface area contributed by atoms with Gasteiger partial charge in [0.1, 0.15) is 0 Å². The van der Waals surface area contributed by atoms with E-state index in [2.05, 4.69) is 11.6 Å². The third-order valence-corrected chi connectivity index (χ3v) is 1.66. The zero-order valence-corrected chi connectivity index (χ0v) is 7.85. The van der Waals surface area contributed by atoms with Crippen LogP contribution in [0.3, 0.4) is 0 Å². The molecule has 0 atom stereocenters. The SMILES string of the molecule is C=Cc1cccnc1/C=C/C=C\C=N. The number of rotatable bonds is 4. The van der Waals surface area contributed by atoms with Crippen LogP contribution in [0.25, 0.3) is 12.2 Å². The number of hydrogen-bond acceptors (Lipinski definition) is 2. The van der Waals surface area contributed by atoms with Crippen molar-refractivity contribution in [3.05, 3.63) is 54.4 Å². The van der Waals surface area contributed by atoms with Crippen molar-refractivity contribution in [2.24, 2.45) is 0 Å². The van der Waals surface area contributed by atoms with Crippen LogP contribution < -0.4 is 0 Å². The molecule has 0 aliphatic heterocycles. The van der Waals surface area contributed by atoms with Crippen LogP contribution >= 0.6 is 0 Å². The fourth-order valence-electron chi connectivity index (χ4n) is 1.01. The summed E-state index contributed by atoms with van der Waals surface area (Å²) in [6.07, 6.45) is 11.9. The van der Waals surface area contributed by atoms with Crippen LogP contribution in [0.2, 0.25) is 0 Å². The van der Waals surface area contributed by atoms with Gasteiger partial charge in [0.05, 0.1) is 5.69 Å². The lowest BCUT2D eigenvalue weighted by molar-refractivity contribution is 1.28. The smallest absolute Gasteiger partial charge is 0.0701 e. The topological polar surface area (TPSA) is 36.7 Å². The molecule has 1 N–H and O–H groups in total. The van der Waals surface area contributed by atoms with Gasteiger partial charge < -0.3 is 5.41 Å². The molecule has 0 aliphatic rings. The molecule has 0 amide bonds. The quantitative estimate of drug-likeness (QED) is 0.567. The number of pyridine rings is 1. The minimum absolute atomic E-state index is 0.886. The van der Waals surface area contributed by atoms with Crippen molar-refractivity contribution in [1.29, 1.82) is 5.41 Å². The van der Waals surface area contributed by atoms with Crippen LogP contribution in [0.15, 0.2) is 43.1 Å². The van der Waals surface area contributed by atoms with Crippen molar-refractivity contribution in [2.45, 2.75) is 0 Å². The van der Waals surface area contributed by atoms with Crippen molar-refractivity contribution in [2.75, 3.05) is 0 Å². The van der Waals surface area contributed by atoms with Gasteiger partial charge in [-0.15, -0.1) is 0 Å². The zero-order chi connectivity index (χ0) is 10.2. The van der Waals surface area contributed by atoms with Crippen LogP contribution in [-0.4, -0.2) is 11.2 Å². The first-order valence-corrected chi connectivity index (χ1v) is 4.29. The maximum atomic E-state index is 6.79. The van der Waals surface area contributed by atoms with Gasteiger partial charge in [-0.05, 0) is 23.8 Å². The highest BCUT2D eigenvalue weighted by Gasteiger charge is 1.92. The molecular weight excluding hydrogens is 172 g/mol. The van der Waals surface area contributed by atoms with E-state index in [1.807, 2.05) is 24.3 Å². The highest BCUT2D eigenvalue weighted by Crippen LogP contribution is 2.08. The Bertz CT molecular complexity index is 376. The van der Waals surface area contributed by atoms with Crippen molar-refractivity contribution < 1.29 is 0 Å². The van der Waals surface area contributed by atoms with E-state index < -0.39 is 0 Å². The van der Waals surface area contributed by atoms with Crippen molar-refractivity contribution in [3.8, 4) is 0 Å². The van der Waals surface area contributed by atoms with E-state index in [0.717, 1.165) is 11.3 Å². The summed E-state index contributed by atoms with van der Waals surface area (Å²) in [6, 6.07) is 3.84. The molecule has 0 saturated heterocycles. The first-order valence-electron chi connectivity index (χ1n) is 4.29. The Morgan fingerprint density at radius 1 is 1.29 bits per heavy atom. The van der Waals surface area contributed by atoms with Crippen LogP contribution in [0.1, 0.15) is 11.3 Å². The molecule has 0 radical (unpaired) electrons.